The molecule has 0 atom stereocenters. The van der Waals surface area contributed by atoms with Gasteiger partial charge in [-0.25, -0.2) is 9.37 Å². The zero-order valence-electron chi connectivity index (χ0n) is 12.3. The Morgan fingerprint density at radius 3 is 2.29 bits per heavy atom. The van der Waals surface area contributed by atoms with Crippen LogP contribution in [-0.2, 0) is 0 Å². The van der Waals surface area contributed by atoms with Gasteiger partial charge in [0.1, 0.15) is 15.7 Å². The lowest BCUT2D eigenvalue weighted by Crippen LogP contribution is -2.41. The number of hydrazine groups is 1. The Morgan fingerprint density at radius 2 is 1.58 bits per heavy atom. The van der Waals surface area contributed by atoms with Gasteiger partial charge < -0.3 is 0 Å². The molecule has 0 unspecified atom stereocenters. The molecule has 7 heteroatoms. The van der Waals surface area contributed by atoms with E-state index in [1.54, 1.807) is 0 Å². The van der Waals surface area contributed by atoms with Crippen molar-refractivity contribution < 1.29 is 14.0 Å². The van der Waals surface area contributed by atoms with Gasteiger partial charge >= 0.3 is 0 Å². The Hall–Kier alpha value is -3.06. The van der Waals surface area contributed by atoms with Gasteiger partial charge in [-0.05, 0) is 24.3 Å². The standard InChI is InChI=1S/C17H12FN3O2S/c18-13-8-6-11(7-9-13)15(22)20-21-16(23)14-10-19-17(24-14)12-4-2-1-3-5-12/h1-10H,(H,20,22)(H,21,23). The molecule has 1 heterocycles. The van der Waals surface area contributed by atoms with Crippen molar-refractivity contribution in [1.29, 1.82) is 0 Å². The third-order valence-electron chi connectivity index (χ3n) is 3.15. The number of nitrogens with zero attached hydrogens (tertiary/aromatic N) is 1. The summed E-state index contributed by atoms with van der Waals surface area (Å²) in [6.45, 7) is 0. The fourth-order valence-electron chi connectivity index (χ4n) is 1.94. The van der Waals surface area contributed by atoms with Gasteiger partial charge in [0.05, 0.1) is 6.20 Å². The van der Waals surface area contributed by atoms with Gasteiger partial charge in [0.15, 0.2) is 0 Å². The first-order chi connectivity index (χ1) is 11.6. The second kappa shape index (κ2) is 7.01. The number of aromatic nitrogens is 1. The van der Waals surface area contributed by atoms with Crippen LogP contribution in [0.3, 0.4) is 0 Å². The lowest BCUT2D eigenvalue weighted by molar-refractivity contribution is 0.0848. The summed E-state index contributed by atoms with van der Waals surface area (Å²) in [7, 11) is 0. The first kappa shape index (κ1) is 15.8. The van der Waals surface area contributed by atoms with E-state index in [-0.39, 0.29) is 5.56 Å². The average molecular weight is 341 g/mol. The quantitative estimate of drug-likeness (QED) is 0.720. The Morgan fingerprint density at radius 1 is 0.917 bits per heavy atom. The van der Waals surface area contributed by atoms with Gasteiger partial charge in [-0.15, -0.1) is 11.3 Å². The number of hydrogen-bond acceptors (Lipinski definition) is 4. The summed E-state index contributed by atoms with van der Waals surface area (Å²) < 4.78 is 12.8. The fraction of sp³-hybridized carbons (Fsp3) is 0. The van der Waals surface area contributed by atoms with Crippen LogP contribution < -0.4 is 10.9 Å². The third kappa shape index (κ3) is 3.64. The predicted octanol–water partition coefficient (Wildman–Crippen LogP) is 3.02. The minimum Gasteiger partial charge on any atom is -0.267 e. The van der Waals surface area contributed by atoms with Gasteiger partial charge in [0, 0.05) is 11.1 Å². The molecule has 0 aliphatic heterocycles. The van der Waals surface area contributed by atoms with Crippen LogP contribution in [0.5, 0.6) is 0 Å². The number of thiazole rings is 1. The first-order valence-electron chi connectivity index (χ1n) is 7.01. The SMILES string of the molecule is O=C(NNC(=O)c1cnc(-c2ccccc2)s1)c1ccc(F)cc1. The van der Waals surface area contributed by atoms with Crippen molar-refractivity contribution in [3.8, 4) is 10.6 Å². The van der Waals surface area contributed by atoms with Crippen LogP contribution in [0, 0.1) is 5.82 Å². The van der Waals surface area contributed by atoms with E-state index in [9.17, 15) is 14.0 Å². The van der Waals surface area contributed by atoms with Crippen LogP contribution in [0.25, 0.3) is 10.6 Å². The minimum absolute atomic E-state index is 0.242. The second-order valence-corrected chi connectivity index (χ2v) is 5.84. The first-order valence-corrected chi connectivity index (χ1v) is 7.82. The number of carbonyl (C=O) groups excluding carboxylic acids is 2. The molecule has 0 fully saturated rings. The highest BCUT2D eigenvalue weighted by Crippen LogP contribution is 2.24. The molecule has 2 N–H and O–H groups in total. The predicted molar refractivity (Wildman–Crippen MR) is 88.9 cm³/mol. The van der Waals surface area contributed by atoms with Crippen molar-refractivity contribution in [3.63, 3.8) is 0 Å². The van der Waals surface area contributed by atoms with Crippen LogP contribution in [0.1, 0.15) is 20.0 Å². The highest BCUT2D eigenvalue weighted by atomic mass is 32.1. The molecule has 0 saturated carbocycles. The summed E-state index contributed by atoms with van der Waals surface area (Å²) in [6, 6.07) is 14.5. The summed E-state index contributed by atoms with van der Waals surface area (Å²) in [5.41, 5.74) is 5.75. The molecule has 0 saturated heterocycles. The van der Waals surface area contributed by atoms with E-state index in [0.717, 1.165) is 5.56 Å². The minimum atomic E-state index is -0.531. The van der Waals surface area contributed by atoms with E-state index in [1.807, 2.05) is 30.3 Å². The lowest BCUT2D eigenvalue weighted by Gasteiger charge is -2.05. The number of amides is 2. The van der Waals surface area contributed by atoms with Crippen molar-refractivity contribution in [2.45, 2.75) is 0 Å². The fourth-order valence-corrected chi connectivity index (χ4v) is 2.76. The van der Waals surface area contributed by atoms with Crippen molar-refractivity contribution in [3.05, 3.63) is 77.1 Å². The van der Waals surface area contributed by atoms with Crippen LogP contribution in [0.2, 0.25) is 0 Å². The number of benzene rings is 2. The Balaban J connectivity index is 1.62. The maximum absolute atomic E-state index is 12.8. The summed E-state index contributed by atoms with van der Waals surface area (Å²) in [4.78, 5) is 28.5. The van der Waals surface area contributed by atoms with Crippen LogP contribution >= 0.6 is 11.3 Å². The molecule has 5 nitrogen and oxygen atoms in total. The number of halogens is 1. The Labute approximate surface area is 141 Å². The summed E-state index contributed by atoms with van der Waals surface area (Å²) in [5, 5.41) is 0.714. The number of carbonyl (C=O) groups is 2. The molecular formula is C17H12FN3O2S. The van der Waals surface area contributed by atoms with E-state index < -0.39 is 17.6 Å². The van der Waals surface area contributed by atoms with Crippen molar-refractivity contribution in [2.24, 2.45) is 0 Å². The highest BCUT2D eigenvalue weighted by molar-refractivity contribution is 7.16. The Bertz CT molecular complexity index is 863. The van der Waals surface area contributed by atoms with E-state index in [4.69, 9.17) is 0 Å². The average Bonchev–Trinajstić information content (AvgIpc) is 3.11. The lowest BCUT2D eigenvalue weighted by atomic mass is 10.2. The zero-order valence-corrected chi connectivity index (χ0v) is 13.1. The molecule has 1 aromatic heterocycles. The zero-order chi connectivity index (χ0) is 16.9. The molecule has 2 amide bonds. The summed E-state index contributed by atoms with van der Waals surface area (Å²) >= 11 is 1.22. The largest absolute Gasteiger partial charge is 0.281 e. The molecule has 0 bridgehead atoms. The Kier molecular flexibility index (Phi) is 4.62. The molecule has 24 heavy (non-hydrogen) atoms. The van der Waals surface area contributed by atoms with Gasteiger partial charge in [-0.2, -0.15) is 0 Å². The van der Waals surface area contributed by atoms with Crippen LogP contribution in [0.15, 0.2) is 60.8 Å². The monoisotopic (exact) mass is 341 g/mol. The molecule has 0 aliphatic carbocycles. The van der Waals surface area contributed by atoms with Gasteiger partial charge in [0.25, 0.3) is 11.8 Å². The highest BCUT2D eigenvalue weighted by Gasteiger charge is 2.13. The molecule has 3 rings (SSSR count). The second-order valence-electron chi connectivity index (χ2n) is 4.81. The number of nitrogens with one attached hydrogen (secondary N) is 2. The molecular weight excluding hydrogens is 329 g/mol. The van der Waals surface area contributed by atoms with E-state index >= 15 is 0 Å². The molecule has 0 aliphatic rings. The third-order valence-corrected chi connectivity index (χ3v) is 4.19. The van der Waals surface area contributed by atoms with Crippen molar-refractivity contribution >= 4 is 23.2 Å². The maximum Gasteiger partial charge on any atom is 0.281 e. The number of rotatable bonds is 3. The van der Waals surface area contributed by atoms with Gasteiger partial charge in [-0.1, -0.05) is 30.3 Å². The maximum atomic E-state index is 12.8. The van der Waals surface area contributed by atoms with E-state index in [2.05, 4.69) is 15.8 Å². The molecule has 3 aromatic rings. The smallest absolute Gasteiger partial charge is 0.267 e. The topological polar surface area (TPSA) is 71.1 Å². The normalized spacial score (nSPS) is 10.2. The summed E-state index contributed by atoms with van der Waals surface area (Å²) in [6.07, 6.45) is 1.45. The molecule has 2 aromatic carbocycles. The van der Waals surface area contributed by atoms with Gasteiger partial charge in [-0.3, -0.25) is 20.4 Å². The van der Waals surface area contributed by atoms with Crippen molar-refractivity contribution in [2.75, 3.05) is 0 Å². The molecule has 120 valence electrons. The summed E-state index contributed by atoms with van der Waals surface area (Å²) in [5.74, 6) is -1.44. The number of hydrogen-bond donors (Lipinski definition) is 2. The molecule has 0 radical (unpaired) electrons. The van der Waals surface area contributed by atoms with Gasteiger partial charge in [0.2, 0.25) is 0 Å². The van der Waals surface area contributed by atoms with E-state index in [0.29, 0.717) is 9.88 Å². The van der Waals surface area contributed by atoms with Crippen LogP contribution in [-0.4, -0.2) is 16.8 Å². The van der Waals surface area contributed by atoms with Crippen molar-refractivity contribution in [1.82, 2.24) is 15.8 Å². The molecule has 0 spiro atoms. The van der Waals surface area contributed by atoms with E-state index in [1.165, 1.54) is 41.8 Å². The van der Waals surface area contributed by atoms with Crippen LogP contribution in [0.4, 0.5) is 4.39 Å².